The van der Waals surface area contributed by atoms with Gasteiger partial charge in [0.25, 0.3) is 0 Å². The molecule has 0 saturated heterocycles. The Labute approximate surface area is 205 Å². The van der Waals surface area contributed by atoms with Crippen LogP contribution in [0.5, 0.6) is 0 Å². The number of benzene rings is 1. The number of rotatable bonds is 5. The summed E-state index contributed by atoms with van der Waals surface area (Å²) in [5.74, 6) is -1.92. The Bertz CT molecular complexity index is 1300. The van der Waals surface area contributed by atoms with E-state index in [1.807, 2.05) is 24.3 Å². The van der Waals surface area contributed by atoms with Gasteiger partial charge in [-0.15, -0.1) is 11.3 Å². The molecule has 0 radical (unpaired) electrons. The third-order valence-electron chi connectivity index (χ3n) is 5.50. The number of hydrogen-bond acceptors (Lipinski definition) is 7. The van der Waals surface area contributed by atoms with Crippen molar-refractivity contribution in [2.75, 3.05) is 11.9 Å². The molecule has 0 saturated carbocycles. The zero-order chi connectivity index (χ0) is 24.2. The second kappa shape index (κ2) is 10.3. The molecule has 3 aromatic rings. The molecule has 176 valence electrons. The number of amides is 2. The fourth-order valence-electron chi connectivity index (χ4n) is 3.83. The van der Waals surface area contributed by atoms with Gasteiger partial charge in [-0.1, -0.05) is 36.7 Å². The number of carbonyl (C=O) groups is 3. The summed E-state index contributed by atoms with van der Waals surface area (Å²) in [7, 11) is 0. The predicted octanol–water partition coefficient (Wildman–Crippen LogP) is 4.34. The van der Waals surface area contributed by atoms with Gasteiger partial charge in [0.2, 0.25) is 0 Å². The average Bonchev–Trinajstić information content (AvgIpc) is 3.16. The number of thiophene rings is 1. The zero-order valence-electron chi connectivity index (χ0n) is 18.7. The van der Waals surface area contributed by atoms with Gasteiger partial charge in [-0.3, -0.25) is 9.59 Å². The highest BCUT2D eigenvalue weighted by atomic mass is 35.5. The maximum absolute atomic E-state index is 12.6. The molecule has 2 aromatic heterocycles. The molecule has 0 bridgehead atoms. The maximum atomic E-state index is 12.6. The Balaban J connectivity index is 1.47. The SMILES string of the molecule is CCOC(=O)c1c(NC(=O)C(=O)N/N=C\c2cc3ccccc3nc2Cl)sc2c1CC[C@H](C)C2. The van der Waals surface area contributed by atoms with Crippen LogP contribution < -0.4 is 10.7 Å². The van der Waals surface area contributed by atoms with E-state index in [0.717, 1.165) is 40.6 Å². The Morgan fingerprint density at radius 3 is 2.88 bits per heavy atom. The Hall–Kier alpha value is -3.30. The molecular weight excluding hydrogens is 476 g/mol. The van der Waals surface area contributed by atoms with Crippen molar-refractivity contribution in [1.82, 2.24) is 10.4 Å². The number of pyridine rings is 1. The van der Waals surface area contributed by atoms with E-state index in [1.54, 1.807) is 13.0 Å². The first-order valence-corrected chi connectivity index (χ1v) is 12.1. The summed E-state index contributed by atoms with van der Waals surface area (Å²) in [6, 6.07) is 9.23. The number of hydrazone groups is 1. The summed E-state index contributed by atoms with van der Waals surface area (Å²) in [6.45, 7) is 4.09. The molecule has 2 N–H and O–H groups in total. The van der Waals surface area contributed by atoms with Crippen LogP contribution in [-0.2, 0) is 27.2 Å². The first kappa shape index (κ1) is 23.8. The first-order chi connectivity index (χ1) is 16.4. The van der Waals surface area contributed by atoms with Crippen LogP contribution in [-0.4, -0.2) is 35.6 Å². The number of carbonyl (C=O) groups excluding carboxylic acids is 3. The van der Waals surface area contributed by atoms with Crippen molar-refractivity contribution in [2.45, 2.75) is 33.1 Å². The second-order valence-electron chi connectivity index (χ2n) is 7.99. The van der Waals surface area contributed by atoms with E-state index >= 15 is 0 Å². The van der Waals surface area contributed by atoms with Gasteiger partial charge in [0, 0.05) is 15.8 Å². The van der Waals surface area contributed by atoms with Gasteiger partial charge in [-0.05, 0) is 49.8 Å². The smallest absolute Gasteiger partial charge is 0.341 e. The Kier molecular flexibility index (Phi) is 7.23. The highest BCUT2D eigenvalue weighted by Gasteiger charge is 2.30. The third-order valence-corrected chi connectivity index (χ3v) is 6.97. The topological polar surface area (TPSA) is 110 Å². The predicted molar refractivity (Wildman–Crippen MR) is 133 cm³/mol. The van der Waals surface area contributed by atoms with Crippen molar-refractivity contribution in [2.24, 2.45) is 11.0 Å². The molecule has 1 atom stereocenters. The van der Waals surface area contributed by atoms with Gasteiger partial charge < -0.3 is 10.1 Å². The molecule has 1 aromatic carbocycles. The fraction of sp³-hybridized carbons (Fsp3) is 0.292. The van der Waals surface area contributed by atoms with Crippen molar-refractivity contribution >= 4 is 62.8 Å². The number of anilines is 1. The summed E-state index contributed by atoms with van der Waals surface area (Å²) in [5.41, 5.74) is 4.65. The van der Waals surface area contributed by atoms with E-state index in [-0.39, 0.29) is 11.8 Å². The van der Waals surface area contributed by atoms with Gasteiger partial charge in [-0.2, -0.15) is 5.10 Å². The number of para-hydroxylation sites is 1. The quantitative estimate of drug-likeness (QED) is 0.179. The normalized spacial score (nSPS) is 15.2. The van der Waals surface area contributed by atoms with Crippen molar-refractivity contribution in [3.8, 4) is 0 Å². The Morgan fingerprint density at radius 1 is 1.29 bits per heavy atom. The lowest BCUT2D eigenvalue weighted by Gasteiger charge is -2.18. The van der Waals surface area contributed by atoms with Crippen LogP contribution in [0.2, 0.25) is 5.15 Å². The van der Waals surface area contributed by atoms with Crippen LogP contribution in [0.15, 0.2) is 35.4 Å². The lowest BCUT2D eigenvalue weighted by Crippen LogP contribution is -2.32. The minimum absolute atomic E-state index is 0.217. The highest BCUT2D eigenvalue weighted by Crippen LogP contribution is 2.40. The van der Waals surface area contributed by atoms with Crippen LogP contribution >= 0.6 is 22.9 Å². The van der Waals surface area contributed by atoms with Crippen LogP contribution in [0.1, 0.15) is 46.6 Å². The highest BCUT2D eigenvalue weighted by molar-refractivity contribution is 7.17. The van der Waals surface area contributed by atoms with E-state index in [1.165, 1.54) is 17.6 Å². The summed E-state index contributed by atoms with van der Waals surface area (Å²) < 4.78 is 5.19. The molecule has 34 heavy (non-hydrogen) atoms. The molecule has 0 spiro atoms. The first-order valence-electron chi connectivity index (χ1n) is 10.9. The zero-order valence-corrected chi connectivity index (χ0v) is 20.3. The van der Waals surface area contributed by atoms with E-state index in [4.69, 9.17) is 16.3 Å². The molecule has 1 aliphatic rings. The van der Waals surface area contributed by atoms with E-state index < -0.39 is 17.8 Å². The molecule has 2 amide bonds. The van der Waals surface area contributed by atoms with Crippen LogP contribution in [0.3, 0.4) is 0 Å². The van der Waals surface area contributed by atoms with Gasteiger partial charge >= 0.3 is 17.8 Å². The number of halogens is 1. The molecule has 4 rings (SSSR count). The number of aromatic nitrogens is 1. The van der Waals surface area contributed by atoms with Crippen LogP contribution in [0.4, 0.5) is 5.00 Å². The molecular formula is C24H23ClN4O4S. The van der Waals surface area contributed by atoms with Crippen LogP contribution in [0.25, 0.3) is 10.9 Å². The monoisotopic (exact) mass is 498 g/mol. The summed E-state index contributed by atoms with van der Waals surface area (Å²) in [4.78, 5) is 42.8. The summed E-state index contributed by atoms with van der Waals surface area (Å²) in [6.07, 6.45) is 3.82. The van der Waals surface area contributed by atoms with E-state index in [2.05, 4.69) is 27.8 Å². The number of ether oxygens (including phenoxy) is 1. The minimum Gasteiger partial charge on any atom is -0.462 e. The maximum Gasteiger partial charge on any atom is 0.341 e. The molecule has 0 fully saturated rings. The van der Waals surface area contributed by atoms with E-state index in [9.17, 15) is 14.4 Å². The van der Waals surface area contributed by atoms with Crippen molar-refractivity contribution in [3.63, 3.8) is 0 Å². The van der Waals surface area contributed by atoms with Gasteiger partial charge in [-0.25, -0.2) is 15.2 Å². The van der Waals surface area contributed by atoms with Gasteiger partial charge in [0.05, 0.1) is 23.9 Å². The summed E-state index contributed by atoms with van der Waals surface area (Å²) >= 11 is 7.50. The number of esters is 1. The van der Waals surface area contributed by atoms with Crippen LogP contribution in [0, 0.1) is 5.92 Å². The lowest BCUT2D eigenvalue weighted by molar-refractivity contribution is -0.136. The molecule has 0 aliphatic heterocycles. The Morgan fingerprint density at radius 2 is 2.09 bits per heavy atom. The standard InChI is InChI=1S/C24H23ClN4O4S/c1-3-33-24(32)19-16-9-8-13(2)10-18(16)34-23(19)28-21(30)22(31)29-26-12-15-11-14-6-4-5-7-17(14)27-20(15)25/h4-7,11-13H,3,8-10H2,1-2H3,(H,28,30)(H,29,31)/b26-12-/t13-/m0/s1. The van der Waals surface area contributed by atoms with Gasteiger partial charge in [0.1, 0.15) is 10.2 Å². The second-order valence-corrected chi connectivity index (χ2v) is 9.45. The van der Waals surface area contributed by atoms with Crippen molar-refractivity contribution in [1.29, 1.82) is 0 Å². The molecule has 8 nitrogen and oxygen atoms in total. The fourth-order valence-corrected chi connectivity index (χ4v) is 5.42. The molecule has 10 heteroatoms. The molecule has 0 unspecified atom stereocenters. The number of nitrogens with zero attached hydrogens (tertiary/aromatic N) is 2. The minimum atomic E-state index is -0.976. The molecule has 2 heterocycles. The van der Waals surface area contributed by atoms with Gasteiger partial charge in [0.15, 0.2) is 0 Å². The molecule has 1 aliphatic carbocycles. The number of fused-ring (bicyclic) bond motifs is 2. The van der Waals surface area contributed by atoms with E-state index in [0.29, 0.717) is 22.0 Å². The van der Waals surface area contributed by atoms with Crippen molar-refractivity contribution in [3.05, 3.63) is 57.1 Å². The largest absolute Gasteiger partial charge is 0.462 e. The number of hydrogen-bond donors (Lipinski definition) is 2. The summed E-state index contributed by atoms with van der Waals surface area (Å²) in [5, 5.41) is 7.80. The lowest BCUT2D eigenvalue weighted by atomic mass is 9.88. The van der Waals surface area contributed by atoms with Crippen molar-refractivity contribution < 1.29 is 19.1 Å². The average molecular weight is 499 g/mol. The third kappa shape index (κ3) is 5.10. The number of nitrogens with one attached hydrogen (secondary N) is 2.